The number of hydrogen-bond acceptors (Lipinski definition) is 4. The molecule has 0 radical (unpaired) electrons. The van der Waals surface area contributed by atoms with Gasteiger partial charge in [-0.25, -0.2) is 4.98 Å². The Morgan fingerprint density at radius 2 is 2.10 bits per heavy atom. The summed E-state index contributed by atoms with van der Waals surface area (Å²) in [7, 11) is 0. The van der Waals surface area contributed by atoms with Crippen LogP contribution in [0.3, 0.4) is 0 Å². The van der Waals surface area contributed by atoms with E-state index in [1.54, 1.807) is 18.7 Å². The Bertz CT molecular complexity index is 1130. The molecule has 3 heterocycles. The monoisotopic (exact) mass is 403 g/mol. The average molecular weight is 403 g/mol. The van der Waals surface area contributed by atoms with E-state index in [1.165, 1.54) is 0 Å². The number of fused-ring (bicyclic) bond motifs is 1. The Hall–Kier alpha value is -3.40. The topological polar surface area (TPSA) is 102 Å². The van der Waals surface area contributed by atoms with E-state index in [4.69, 9.17) is 0 Å². The molecule has 1 aliphatic heterocycles. The largest absolute Gasteiger partial charge is 0.346 e. The maximum atomic E-state index is 12.7. The highest BCUT2D eigenvalue weighted by Crippen LogP contribution is 2.35. The first-order chi connectivity index (χ1) is 14.4. The quantitative estimate of drug-likeness (QED) is 0.601. The second-order valence-corrected chi connectivity index (χ2v) is 8.32. The molecule has 2 aliphatic rings. The van der Waals surface area contributed by atoms with E-state index in [1.807, 2.05) is 30.5 Å². The minimum Gasteiger partial charge on any atom is -0.346 e. The number of rotatable bonds is 4. The summed E-state index contributed by atoms with van der Waals surface area (Å²) in [6, 6.07) is 5.93. The number of nitriles is 1. The van der Waals surface area contributed by atoms with Gasteiger partial charge in [-0.05, 0) is 55.9 Å². The summed E-state index contributed by atoms with van der Waals surface area (Å²) in [5, 5.41) is 13.2. The number of hydrogen-bond donors (Lipinski definition) is 2. The van der Waals surface area contributed by atoms with Crippen molar-refractivity contribution < 1.29 is 9.59 Å². The predicted octanol–water partition coefficient (Wildman–Crippen LogP) is 3.63. The van der Waals surface area contributed by atoms with Crippen LogP contribution >= 0.6 is 0 Å². The molecule has 1 aliphatic carbocycles. The maximum absolute atomic E-state index is 12.7. The van der Waals surface area contributed by atoms with Gasteiger partial charge in [0.1, 0.15) is 23.1 Å². The van der Waals surface area contributed by atoms with Crippen LogP contribution in [0.5, 0.6) is 0 Å². The minimum atomic E-state index is -0.224. The standard InChI is InChI=1S/C23H25N5O2/c1-13(2)19(11-24)23(30)28-9-7-16(14(3)12-28)18-10-20(27-22(29)15-4-5-15)26-21-17(18)6-8-25-21/h6-8,10,14-15H,4-5,9,12H2,1-3H3,(H2,25,26,27,29)/t14-/m1/s1. The van der Waals surface area contributed by atoms with Crippen LogP contribution in [0.1, 0.15) is 39.2 Å². The van der Waals surface area contributed by atoms with E-state index in [-0.39, 0.29) is 29.2 Å². The van der Waals surface area contributed by atoms with Crippen LogP contribution in [0.15, 0.2) is 35.6 Å². The van der Waals surface area contributed by atoms with Gasteiger partial charge >= 0.3 is 0 Å². The number of nitrogens with zero attached hydrogens (tertiary/aromatic N) is 3. The highest BCUT2D eigenvalue weighted by atomic mass is 16.2. The minimum absolute atomic E-state index is 0.0209. The van der Waals surface area contributed by atoms with Gasteiger partial charge in [0, 0.05) is 30.6 Å². The Morgan fingerprint density at radius 3 is 2.73 bits per heavy atom. The van der Waals surface area contributed by atoms with Crippen molar-refractivity contribution in [2.45, 2.75) is 33.6 Å². The van der Waals surface area contributed by atoms with Crippen molar-refractivity contribution in [2.24, 2.45) is 11.8 Å². The van der Waals surface area contributed by atoms with Crippen LogP contribution < -0.4 is 5.32 Å². The molecule has 2 aromatic heterocycles. The predicted molar refractivity (Wildman–Crippen MR) is 115 cm³/mol. The maximum Gasteiger partial charge on any atom is 0.264 e. The molecule has 1 atom stereocenters. The number of aromatic nitrogens is 2. The van der Waals surface area contributed by atoms with Crippen molar-refractivity contribution >= 4 is 34.2 Å². The van der Waals surface area contributed by atoms with Crippen LogP contribution in [0.4, 0.5) is 5.82 Å². The summed E-state index contributed by atoms with van der Waals surface area (Å²) in [6.07, 6.45) is 5.75. The van der Waals surface area contributed by atoms with Crippen molar-refractivity contribution in [3.05, 3.63) is 41.1 Å². The lowest BCUT2D eigenvalue weighted by molar-refractivity contribution is -0.126. The van der Waals surface area contributed by atoms with Gasteiger partial charge in [-0.2, -0.15) is 5.26 Å². The number of nitrogens with one attached hydrogen (secondary N) is 2. The molecule has 7 nitrogen and oxygen atoms in total. The number of carbonyl (C=O) groups is 2. The second-order valence-electron chi connectivity index (χ2n) is 8.32. The van der Waals surface area contributed by atoms with Gasteiger partial charge in [0.05, 0.1) is 0 Å². The van der Waals surface area contributed by atoms with Crippen LogP contribution in [-0.4, -0.2) is 39.8 Å². The van der Waals surface area contributed by atoms with Crippen molar-refractivity contribution in [3.8, 4) is 6.07 Å². The molecule has 2 amide bonds. The molecular weight excluding hydrogens is 378 g/mol. The van der Waals surface area contributed by atoms with E-state index in [2.05, 4.69) is 22.2 Å². The molecule has 0 unspecified atom stereocenters. The van der Waals surface area contributed by atoms with Gasteiger partial charge < -0.3 is 15.2 Å². The fourth-order valence-corrected chi connectivity index (χ4v) is 3.90. The van der Waals surface area contributed by atoms with E-state index < -0.39 is 0 Å². The van der Waals surface area contributed by atoms with Crippen LogP contribution in [0, 0.1) is 23.2 Å². The van der Waals surface area contributed by atoms with Crippen molar-refractivity contribution in [1.82, 2.24) is 14.9 Å². The molecular formula is C23H25N5O2. The van der Waals surface area contributed by atoms with Crippen molar-refractivity contribution in [2.75, 3.05) is 18.4 Å². The highest BCUT2D eigenvalue weighted by Gasteiger charge is 2.31. The fraction of sp³-hybridized carbons (Fsp3) is 0.391. The lowest BCUT2D eigenvalue weighted by Crippen LogP contribution is -2.39. The van der Waals surface area contributed by atoms with Crippen molar-refractivity contribution in [1.29, 1.82) is 5.26 Å². The lowest BCUT2D eigenvalue weighted by Gasteiger charge is -2.31. The Kier molecular flexibility index (Phi) is 5.17. The molecule has 0 bridgehead atoms. The summed E-state index contributed by atoms with van der Waals surface area (Å²) in [6.45, 7) is 6.60. The molecule has 1 fully saturated rings. The third kappa shape index (κ3) is 3.73. The van der Waals surface area contributed by atoms with Gasteiger partial charge in [0.2, 0.25) is 5.91 Å². The Balaban J connectivity index is 1.65. The van der Waals surface area contributed by atoms with Crippen LogP contribution in [0.25, 0.3) is 16.6 Å². The van der Waals surface area contributed by atoms with Crippen LogP contribution in [0.2, 0.25) is 0 Å². The number of aromatic amines is 1. The lowest BCUT2D eigenvalue weighted by atomic mass is 9.89. The third-order valence-electron chi connectivity index (χ3n) is 5.71. The summed E-state index contributed by atoms with van der Waals surface area (Å²) in [5.74, 6) is 0.518. The molecule has 4 rings (SSSR count). The molecule has 2 N–H and O–H groups in total. The first-order valence-corrected chi connectivity index (χ1v) is 10.2. The van der Waals surface area contributed by atoms with Gasteiger partial charge in [-0.3, -0.25) is 9.59 Å². The fourth-order valence-electron chi connectivity index (χ4n) is 3.90. The van der Waals surface area contributed by atoms with E-state index in [9.17, 15) is 14.9 Å². The molecule has 7 heteroatoms. The van der Waals surface area contributed by atoms with Crippen LogP contribution in [-0.2, 0) is 9.59 Å². The number of H-pyrrole nitrogens is 1. The van der Waals surface area contributed by atoms with Gasteiger partial charge in [0.25, 0.3) is 5.91 Å². The number of allylic oxidation sites excluding steroid dienone is 1. The normalized spacial score (nSPS) is 18.5. The summed E-state index contributed by atoms with van der Waals surface area (Å²) >= 11 is 0. The highest BCUT2D eigenvalue weighted by molar-refractivity contribution is 6.00. The first-order valence-electron chi connectivity index (χ1n) is 10.2. The molecule has 154 valence electrons. The Morgan fingerprint density at radius 1 is 1.33 bits per heavy atom. The zero-order valence-corrected chi connectivity index (χ0v) is 17.5. The second kappa shape index (κ2) is 7.79. The molecule has 0 aromatic carbocycles. The molecule has 0 saturated heterocycles. The molecule has 0 spiro atoms. The number of anilines is 1. The SMILES string of the molecule is CC(C)=C(C#N)C(=O)N1CC=C(c2cc(NC(=O)C3CC3)nc3[nH]ccc23)[C@H](C)C1. The third-order valence-corrected chi connectivity index (χ3v) is 5.71. The summed E-state index contributed by atoms with van der Waals surface area (Å²) in [5.41, 5.74) is 3.78. The van der Waals surface area contributed by atoms with Crippen molar-refractivity contribution in [3.63, 3.8) is 0 Å². The van der Waals surface area contributed by atoms with Gasteiger partial charge in [-0.15, -0.1) is 0 Å². The van der Waals surface area contributed by atoms with E-state index in [0.717, 1.165) is 40.6 Å². The zero-order valence-electron chi connectivity index (χ0n) is 17.5. The number of pyridine rings is 1. The zero-order chi connectivity index (χ0) is 21.4. The average Bonchev–Trinajstić information content (AvgIpc) is 3.46. The summed E-state index contributed by atoms with van der Waals surface area (Å²) in [4.78, 5) is 34.3. The number of carbonyl (C=O) groups excluding carboxylic acids is 2. The number of amides is 2. The molecule has 1 saturated carbocycles. The van der Waals surface area contributed by atoms with E-state index in [0.29, 0.717) is 18.9 Å². The van der Waals surface area contributed by atoms with E-state index >= 15 is 0 Å². The molecule has 30 heavy (non-hydrogen) atoms. The first kappa shape index (κ1) is 19.9. The smallest absolute Gasteiger partial charge is 0.264 e. The summed E-state index contributed by atoms with van der Waals surface area (Å²) < 4.78 is 0. The van der Waals surface area contributed by atoms with Gasteiger partial charge in [0.15, 0.2) is 0 Å². The Labute approximate surface area is 175 Å². The molecule has 2 aromatic rings. The van der Waals surface area contributed by atoms with Gasteiger partial charge in [-0.1, -0.05) is 18.6 Å².